The number of hydrogen-bond acceptors (Lipinski definition) is 0. The molecule has 0 nitrogen and oxygen atoms in total. The standard InChI is InChI=1S/C38H50/c1-35(2,3)23-15-17-27-29(19-23)30-20-24(36(4,5)6)16-18-28(30)34(27)38(10)32-14-12-11-13-26(32)31-21-25(22-33(31)38)37(7,8)9/h15-20,22,26,32,34H,11-14,21H2,1-10H3. The molecular weight excluding hydrogens is 456 g/mol. The molecule has 0 N–H and O–H groups in total. The van der Waals surface area contributed by atoms with Crippen molar-refractivity contribution in [1.29, 1.82) is 0 Å². The Morgan fingerprint density at radius 3 is 1.71 bits per heavy atom. The van der Waals surface area contributed by atoms with Crippen LogP contribution in [0.1, 0.15) is 130 Å². The maximum Gasteiger partial charge on any atom is 0.0199 e. The van der Waals surface area contributed by atoms with E-state index >= 15 is 0 Å². The number of fused-ring (bicyclic) bond motifs is 5. The first-order chi connectivity index (χ1) is 17.6. The number of rotatable bonds is 1. The first-order valence-corrected chi connectivity index (χ1v) is 15.4. The summed E-state index contributed by atoms with van der Waals surface area (Å²) in [5.74, 6) is 1.96. The fourth-order valence-electron chi connectivity index (χ4n) is 8.60. The van der Waals surface area contributed by atoms with Crippen molar-refractivity contribution in [2.45, 2.75) is 118 Å². The van der Waals surface area contributed by atoms with Crippen LogP contribution in [0, 0.1) is 22.7 Å². The summed E-state index contributed by atoms with van der Waals surface area (Å²) in [4.78, 5) is 0. The summed E-state index contributed by atoms with van der Waals surface area (Å²) in [6.45, 7) is 24.1. The van der Waals surface area contributed by atoms with Crippen molar-refractivity contribution in [2.24, 2.45) is 22.7 Å². The van der Waals surface area contributed by atoms with Crippen molar-refractivity contribution in [3.8, 4) is 11.1 Å². The molecule has 1 saturated carbocycles. The fourth-order valence-corrected chi connectivity index (χ4v) is 8.60. The Morgan fingerprint density at radius 1 is 0.684 bits per heavy atom. The number of allylic oxidation sites excluding steroid dienone is 4. The highest BCUT2D eigenvalue weighted by Crippen LogP contribution is 2.69. The van der Waals surface area contributed by atoms with Gasteiger partial charge in [0, 0.05) is 11.3 Å². The molecule has 0 aromatic heterocycles. The summed E-state index contributed by atoms with van der Waals surface area (Å²) in [7, 11) is 0. The van der Waals surface area contributed by atoms with Gasteiger partial charge in [-0.2, -0.15) is 0 Å². The second-order valence-corrected chi connectivity index (χ2v) is 16.4. The zero-order chi connectivity index (χ0) is 27.4. The van der Waals surface area contributed by atoms with Crippen molar-refractivity contribution in [1.82, 2.24) is 0 Å². The van der Waals surface area contributed by atoms with Gasteiger partial charge in [0.05, 0.1) is 0 Å². The molecule has 2 aromatic carbocycles. The van der Waals surface area contributed by atoms with Crippen molar-refractivity contribution >= 4 is 0 Å². The number of hydrogen-bond donors (Lipinski definition) is 0. The lowest BCUT2D eigenvalue weighted by Gasteiger charge is -2.45. The van der Waals surface area contributed by atoms with Gasteiger partial charge in [-0.1, -0.05) is 136 Å². The molecule has 0 bridgehead atoms. The second-order valence-electron chi connectivity index (χ2n) is 16.4. The van der Waals surface area contributed by atoms with Gasteiger partial charge in [-0.15, -0.1) is 0 Å². The third kappa shape index (κ3) is 3.76. The average molecular weight is 507 g/mol. The monoisotopic (exact) mass is 506 g/mol. The van der Waals surface area contributed by atoms with Gasteiger partial charge in [-0.3, -0.25) is 0 Å². The van der Waals surface area contributed by atoms with Crippen LogP contribution >= 0.6 is 0 Å². The van der Waals surface area contributed by atoms with Crippen molar-refractivity contribution in [2.75, 3.05) is 0 Å². The van der Waals surface area contributed by atoms with Crippen LogP contribution < -0.4 is 0 Å². The average Bonchev–Trinajstić information content (AvgIpc) is 3.48. The van der Waals surface area contributed by atoms with Gasteiger partial charge in [0.15, 0.2) is 0 Å². The van der Waals surface area contributed by atoms with Gasteiger partial charge >= 0.3 is 0 Å². The predicted octanol–water partition coefficient (Wildman–Crippen LogP) is 10.9. The summed E-state index contributed by atoms with van der Waals surface area (Å²) in [5, 5.41) is 0. The lowest BCUT2D eigenvalue weighted by atomic mass is 9.58. The van der Waals surface area contributed by atoms with E-state index in [1.165, 1.54) is 54.4 Å². The Bertz CT molecular complexity index is 1290. The minimum Gasteiger partial charge on any atom is -0.0605 e. The first-order valence-electron chi connectivity index (χ1n) is 15.4. The Hall–Kier alpha value is -2.08. The Kier molecular flexibility index (Phi) is 5.66. The van der Waals surface area contributed by atoms with E-state index in [4.69, 9.17) is 0 Å². The van der Waals surface area contributed by atoms with E-state index < -0.39 is 0 Å². The molecule has 6 rings (SSSR count). The molecule has 0 radical (unpaired) electrons. The van der Waals surface area contributed by atoms with Crippen LogP contribution in [0.2, 0.25) is 0 Å². The van der Waals surface area contributed by atoms with Gasteiger partial charge in [0.2, 0.25) is 0 Å². The van der Waals surface area contributed by atoms with E-state index in [0.717, 1.165) is 11.8 Å². The molecule has 0 saturated heterocycles. The summed E-state index contributed by atoms with van der Waals surface area (Å²) < 4.78 is 0. The van der Waals surface area contributed by atoms with Crippen LogP contribution in [0.15, 0.2) is 59.2 Å². The third-order valence-corrected chi connectivity index (χ3v) is 10.9. The molecule has 2 aromatic rings. The molecule has 0 heterocycles. The highest BCUT2D eigenvalue weighted by Gasteiger charge is 2.58. The molecule has 0 spiro atoms. The maximum absolute atomic E-state index is 2.69. The van der Waals surface area contributed by atoms with Gasteiger partial charge in [-0.05, 0) is 86.3 Å². The van der Waals surface area contributed by atoms with Crippen LogP contribution in [0.4, 0.5) is 0 Å². The highest BCUT2D eigenvalue weighted by atomic mass is 14.6. The smallest absolute Gasteiger partial charge is 0.0199 e. The molecule has 4 aliphatic carbocycles. The molecular formula is C38H50. The van der Waals surface area contributed by atoms with Crippen LogP contribution in [-0.4, -0.2) is 0 Å². The summed E-state index contributed by atoms with van der Waals surface area (Å²) in [6.07, 6.45) is 9.48. The van der Waals surface area contributed by atoms with E-state index in [1.807, 2.05) is 5.57 Å². The van der Waals surface area contributed by atoms with Crippen LogP contribution in [-0.2, 0) is 10.8 Å². The van der Waals surface area contributed by atoms with Gasteiger partial charge in [-0.25, -0.2) is 0 Å². The zero-order valence-corrected chi connectivity index (χ0v) is 25.8. The summed E-state index contributed by atoms with van der Waals surface area (Å²) >= 11 is 0. The summed E-state index contributed by atoms with van der Waals surface area (Å²) in [6, 6.07) is 15.1. The molecule has 202 valence electrons. The van der Waals surface area contributed by atoms with Crippen LogP contribution in [0.5, 0.6) is 0 Å². The Morgan fingerprint density at radius 2 is 1.21 bits per heavy atom. The van der Waals surface area contributed by atoms with E-state index in [0.29, 0.717) is 5.92 Å². The molecule has 0 aliphatic heterocycles. The number of benzene rings is 2. The lowest BCUT2D eigenvalue weighted by molar-refractivity contribution is 0.141. The highest BCUT2D eigenvalue weighted by molar-refractivity contribution is 5.81. The quantitative estimate of drug-likeness (QED) is 0.361. The Labute approximate surface area is 233 Å². The minimum absolute atomic E-state index is 0.145. The predicted molar refractivity (Wildman–Crippen MR) is 164 cm³/mol. The molecule has 0 heteroatoms. The zero-order valence-electron chi connectivity index (χ0n) is 25.8. The topological polar surface area (TPSA) is 0 Å². The van der Waals surface area contributed by atoms with Crippen LogP contribution in [0.3, 0.4) is 0 Å². The van der Waals surface area contributed by atoms with Gasteiger partial charge in [0.25, 0.3) is 0 Å². The minimum atomic E-state index is 0.145. The lowest BCUT2D eigenvalue weighted by Crippen LogP contribution is -2.36. The molecule has 4 aliphatic rings. The van der Waals surface area contributed by atoms with E-state index in [2.05, 4.69) is 112 Å². The van der Waals surface area contributed by atoms with Gasteiger partial charge in [0.1, 0.15) is 0 Å². The second kappa shape index (κ2) is 8.22. The molecule has 38 heavy (non-hydrogen) atoms. The Balaban J connectivity index is 1.59. The van der Waals surface area contributed by atoms with Crippen molar-refractivity contribution < 1.29 is 0 Å². The SMILES string of the molecule is CC(C)(C)C1=CC2=C(C1)C1CCCCC1C2(C)C1c2ccc(C(C)(C)C)cc2-c2cc(C(C)(C)C)ccc21. The van der Waals surface area contributed by atoms with Crippen molar-refractivity contribution in [3.63, 3.8) is 0 Å². The maximum atomic E-state index is 2.69. The van der Waals surface area contributed by atoms with Crippen molar-refractivity contribution in [3.05, 3.63) is 81.4 Å². The molecule has 1 fully saturated rings. The molecule has 3 atom stereocenters. The van der Waals surface area contributed by atoms with Gasteiger partial charge < -0.3 is 0 Å². The van der Waals surface area contributed by atoms with E-state index in [9.17, 15) is 0 Å². The molecule has 3 unspecified atom stereocenters. The first kappa shape index (κ1) is 26.2. The third-order valence-electron chi connectivity index (χ3n) is 10.9. The van der Waals surface area contributed by atoms with E-state index in [1.54, 1.807) is 22.3 Å². The largest absolute Gasteiger partial charge is 0.0605 e. The molecule has 0 amide bonds. The van der Waals surface area contributed by atoms with Crippen LogP contribution in [0.25, 0.3) is 11.1 Å². The van der Waals surface area contributed by atoms with E-state index in [-0.39, 0.29) is 21.7 Å². The fraction of sp³-hybridized carbons (Fsp3) is 0.579. The summed E-state index contributed by atoms with van der Waals surface area (Å²) in [5.41, 5.74) is 14.9. The normalized spacial score (nSPS) is 27.3.